The number of rotatable bonds is 52. The van der Waals surface area contributed by atoms with Crippen LogP contribution in [0.4, 0.5) is 0 Å². The van der Waals surface area contributed by atoms with Crippen molar-refractivity contribution in [1.29, 1.82) is 0 Å². The van der Waals surface area contributed by atoms with Crippen molar-refractivity contribution in [2.75, 3.05) is 6.61 Å². The minimum Gasteiger partial charge on any atom is -0.394 e. The first kappa shape index (κ1) is 59.1. The van der Waals surface area contributed by atoms with Gasteiger partial charge in [-0.2, -0.15) is 0 Å². The summed E-state index contributed by atoms with van der Waals surface area (Å²) in [6, 6.07) is -0.618. The molecule has 0 aliphatic carbocycles. The Morgan fingerprint density at radius 1 is 0.383 bits per heavy atom. The van der Waals surface area contributed by atoms with Crippen LogP contribution in [0.2, 0.25) is 0 Å². The van der Waals surface area contributed by atoms with Gasteiger partial charge in [-0.1, -0.05) is 309 Å². The summed E-state index contributed by atoms with van der Waals surface area (Å²) in [6.45, 7) is 4.35. The molecule has 0 spiro atoms. The van der Waals surface area contributed by atoms with Crippen LogP contribution in [0.25, 0.3) is 0 Å². The van der Waals surface area contributed by atoms with Crippen LogP contribution in [0.1, 0.15) is 322 Å². The van der Waals surface area contributed by atoms with Gasteiger partial charge in [-0.15, -0.1) is 0 Å². The summed E-state index contributed by atoms with van der Waals surface area (Å²) in [5, 5.41) is 23.2. The summed E-state index contributed by atoms with van der Waals surface area (Å²) in [7, 11) is 0. The van der Waals surface area contributed by atoms with Crippen LogP contribution >= 0.6 is 0 Å². The summed E-state index contributed by atoms with van der Waals surface area (Å²) in [4.78, 5) is 12.5. The molecule has 1 amide bonds. The van der Waals surface area contributed by atoms with Crippen molar-refractivity contribution >= 4 is 5.91 Å². The third-order valence-electron chi connectivity index (χ3n) is 13.3. The first-order chi connectivity index (χ1) is 29.7. The van der Waals surface area contributed by atoms with Gasteiger partial charge in [0.1, 0.15) is 0 Å². The normalized spacial score (nSPS) is 12.8. The largest absolute Gasteiger partial charge is 0.394 e. The Labute approximate surface area is 377 Å². The quantitative estimate of drug-likeness (QED) is 0.0422. The van der Waals surface area contributed by atoms with Gasteiger partial charge in [0.2, 0.25) is 5.91 Å². The van der Waals surface area contributed by atoms with Gasteiger partial charge >= 0.3 is 0 Å². The standard InChI is InChI=1S/C56H111NO3/c1-3-5-7-9-11-13-15-17-19-21-23-25-26-27-28-29-30-32-33-35-37-39-41-43-45-47-49-51-55(59)54(53-58)57-56(60)52-50-48-46-44-42-40-38-36-34-31-24-22-20-18-16-14-12-10-8-6-4-2/h49,51,54-55,58-59H,3-48,50,52-53H2,1-2H3,(H,57,60)/b51-49+. The van der Waals surface area contributed by atoms with Crippen molar-refractivity contribution in [2.45, 2.75) is 334 Å². The Hall–Kier alpha value is -0.870. The molecule has 0 fully saturated rings. The number of carbonyl (C=O) groups excluding carboxylic acids is 1. The number of aliphatic hydroxyl groups is 2. The molecule has 0 aromatic heterocycles. The minimum atomic E-state index is -0.835. The number of aliphatic hydroxyl groups excluding tert-OH is 2. The van der Waals surface area contributed by atoms with Gasteiger partial charge in [0.25, 0.3) is 0 Å². The van der Waals surface area contributed by atoms with Gasteiger partial charge in [-0.05, 0) is 19.3 Å². The average Bonchev–Trinajstić information content (AvgIpc) is 3.25. The van der Waals surface area contributed by atoms with E-state index in [1.54, 1.807) is 6.08 Å². The number of nitrogens with one attached hydrogen (secondary N) is 1. The zero-order valence-corrected chi connectivity index (χ0v) is 41.3. The van der Waals surface area contributed by atoms with Crippen LogP contribution in [0.3, 0.4) is 0 Å². The van der Waals surface area contributed by atoms with Gasteiger partial charge in [0.15, 0.2) is 0 Å². The molecular formula is C56H111NO3. The lowest BCUT2D eigenvalue weighted by molar-refractivity contribution is -0.123. The fraction of sp³-hybridized carbons (Fsp3) is 0.946. The summed E-state index contributed by atoms with van der Waals surface area (Å²) >= 11 is 0. The van der Waals surface area contributed by atoms with Crippen molar-refractivity contribution in [3.63, 3.8) is 0 Å². The number of allylic oxidation sites excluding steroid dienone is 1. The summed E-state index contributed by atoms with van der Waals surface area (Å²) < 4.78 is 0. The molecule has 0 rings (SSSR count). The molecule has 60 heavy (non-hydrogen) atoms. The molecule has 0 radical (unpaired) electrons. The highest BCUT2D eigenvalue weighted by molar-refractivity contribution is 5.76. The van der Waals surface area contributed by atoms with Gasteiger partial charge in [0, 0.05) is 6.42 Å². The number of unbranched alkanes of at least 4 members (excludes halogenated alkanes) is 45. The Kier molecular flexibility index (Phi) is 51.7. The molecule has 0 aliphatic heterocycles. The van der Waals surface area contributed by atoms with E-state index >= 15 is 0 Å². The van der Waals surface area contributed by atoms with Gasteiger partial charge in [-0.25, -0.2) is 0 Å². The van der Waals surface area contributed by atoms with E-state index in [-0.39, 0.29) is 12.5 Å². The predicted molar refractivity (Wildman–Crippen MR) is 267 cm³/mol. The van der Waals surface area contributed by atoms with E-state index in [0.717, 1.165) is 25.7 Å². The summed E-state index contributed by atoms with van der Waals surface area (Å²) in [5.41, 5.74) is 0. The zero-order chi connectivity index (χ0) is 43.5. The van der Waals surface area contributed by atoms with Gasteiger partial charge < -0.3 is 15.5 Å². The molecule has 0 aromatic carbocycles. The van der Waals surface area contributed by atoms with Crippen molar-refractivity contribution < 1.29 is 15.0 Å². The molecule has 0 saturated heterocycles. The van der Waals surface area contributed by atoms with Crippen LogP contribution < -0.4 is 5.32 Å². The summed E-state index contributed by atoms with van der Waals surface area (Å²) in [6.07, 6.45) is 68.0. The highest BCUT2D eigenvalue weighted by atomic mass is 16.3. The maximum absolute atomic E-state index is 12.5. The molecular weight excluding hydrogens is 735 g/mol. The predicted octanol–water partition coefficient (Wildman–Crippen LogP) is 18.1. The van der Waals surface area contributed by atoms with Crippen LogP contribution in [0, 0.1) is 0 Å². The van der Waals surface area contributed by atoms with Crippen molar-refractivity contribution in [1.82, 2.24) is 5.32 Å². The summed E-state index contributed by atoms with van der Waals surface area (Å²) in [5.74, 6) is -0.0560. The first-order valence-corrected chi connectivity index (χ1v) is 27.9. The third kappa shape index (κ3) is 48.2. The lowest BCUT2D eigenvalue weighted by atomic mass is 10.0. The number of amides is 1. The third-order valence-corrected chi connectivity index (χ3v) is 13.3. The van der Waals surface area contributed by atoms with Crippen molar-refractivity contribution in [3.05, 3.63) is 12.2 Å². The first-order valence-electron chi connectivity index (χ1n) is 27.9. The highest BCUT2D eigenvalue weighted by Crippen LogP contribution is 2.18. The smallest absolute Gasteiger partial charge is 0.220 e. The minimum absolute atomic E-state index is 0.0560. The topological polar surface area (TPSA) is 69.6 Å². The van der Waals surface area contributed by atoms with E-state index in [0.29, 0.717) is 6.42 Å². The lowest BCUT2D eigenvalue weighted by Gasteiger charge is -2.20. The molecule has 3 N–H and O–H groups in total. The molecule has 2 atom stereocenters. The highest BCUT2D eigenvalue weighted by Gasteiger charge is 2.18. The number of hydrogen-bond donors (Lipinski definition) is 3. The van der Waals surface area contributed by atoms with Gasteiger partial charge in [0.05, 0.1) is 18.8 Å². The van der Waals surface area contributed by atoms with Crippen LogP contribution in [-0.2, 0) is 4.79 Å². The SMILES string of the molecule is CCCCCCCCCCCCCCCCCCCCCCCCCCC/C=C/C(O)C(CO)NC(=O)CCCCCCCCCCCCCCCCCCCCCCC. The molecule has 2 unspecified atom stereocenters. The van der Waals surface area contributed by atoms with Gasteiger partial charge in [-0.3, -0.25) is 4.79 Å². The van der Waals surface area contributed by atoms with Crippen molar-refractivity contribution in [3.8, 4) is 0 Å². The monoisotopic (exact) mass is 846 g/mol. The Balaban J connectivity index is 3.45. The van der Waals surface area contributed by atoms with Crippen molar-refractivity contribution in [2.24, 2.45) is 0 Å². The molecule has 0 saturated carbocycles. The average molecular weight is 847 g/mol. The molecule has 0 bridgehead atoms. The maximum atomic E-state index is 12.5. The van der Waals surface area contributed by atoms with Crippen LogP contribution in [0.15, 0.2) is 12.2 Å². The Morgan fingerprint density at radius 2 is 0.617 bits per heavy atom. The molecule has 358 valence electrons. The van der Waals surface area contributed by atoms with Crippen LogP contribution in [0.5, 0.6) is 0 Å². The second-order valence-corrected chi connectivity index (χ2v) is 19.4. The van der Waals surface area contributed by atoms with E-state index < -0.39 is 12.1 Å². The number of hydrogen-bond acceptors (Lipinski definition) is 3. The van der Waals surface area contributed by atoms with Crippen LogP contribution in [-0.4, -0.2) is 34.9 Å². The Bertz CT molecular complexity index is 829. The number of carbonyl (C=O) groups is 1. The molecule has 0 heterocycles. The fourth-order valence-electron chi connectivity index (χ4n) is 9.01. The second kappa shape index (κ2) is 52.5. The molecule has 0 aliphatic rings. The van der Waals surface area contributed by atoms with E-state index in [1.165, 1.54) is 276 Å². The maximum Gasteiger partial charge on any atom is 0.220 e. The fourth-order valence-corrected chi connectivity index (χ4v) is 9.01. The molecule has 4 heteroatoms. The van der Waals surface area contributed by atoms with E-state index in [4.69, 9.17) is 0 Å². The lowest BCUT2D eigenvalue weighted by Crippen LogP contribution is -2.45. The Morgan fingerprint density at radius 3 is 0.867 bits per heavy atom. The van der Waals surface area contributed by atoms with E-state index in [2.05, 4.69) is 19.2 Å². The van der Waals surface area contributed by atoms with E-state index in [9.17, 15) is 15.0 Å². The molecule has 4 nitrogen and oxygen atoms in total. The second-order valence-electron chi connectivity index (χ2n) is 19.4. The van der Waals surface area contributed by atoms with E-state index in [1.807, 2.05) is 6.08 Å². The zero-order valence-electron chi connectivity index (χ0n) is 41.3. The molecule has 0 aromatic rings.